The highest BCUT2D eigenvalue weighted by Gasteiger charge is 2.25. The molecule has 2 heterocycles. The Balaban J connectivity index is 1.32. The van der Waals surface area contributed by atoms with Gasteiger partial charge in [0.25, 0.3) is 5.91 Å². The molecule has 1 aliphatic rings. The summed E-state index contributed by atoms with van der Waals surface area (Å²) in [6, 6.07) is 18.7. The van der Waals surface area contributed by atoms with Crippen LogP contribution in [0, 0.1) is 5.82 Å². The molecule has 4 aromatic rings. The van der Waals surface area contributed by atoms with Crippen molar-refractivity contribution in [3.63, 3.8) is 0 Å². The van der Waals surface area contributed by atoms with Crippen molar-refractivity contribution in [3.8, 4) is 16.9 Å². The maximum atomic E-state index is 13.9. The van der Waals surface area contributed by atoms with Gasteiger partial charge in [-0.25, -0.2) is 4.39 Å². The first-order valence-electron chi connectivity index (χ1n) is 12.1. The van der Waals surface area contributed by atoms with Crippen LogP contribution in [0.2, 0.25) is 0 Å². The van der Waals surface area contributed by atoms with Gasteiger partial charge < -0.3 is 15.0 Å². The summed E-state index contributed by atoms with van der Waals surface area (Å²) in [5, 5.41) is 11.9. The molecule has 1 fully saturated rings. The van der Waals surface area contributed by atoms with Crippen molar-refractivity contribution in [3.05, 3.63) is 83.3 Å². The van der Waals surface area contributed by atoms with Gasteiger partial charge in [-0.1, -0.05) is 24.3 Å². The lowest BCUT2D eigenvalue weighted by Crippen LogP contribution is -2.55. The summed E-state index contributed by atoms with van der Waals surface area (Å²) in [4.78, 5) is 14.8. The number of halogens is 1. The Hall–Kier alpha value is -3.97. The van der Waals surface area contributed by atoms with E-state index >= 15 is 0 Å². The lowest BCUT2D eigenvalue weighted by molar-refractivity contribution is 0.0674. The molecular weight excluding hydrogens is 455 g/mol. The van der Waals surface area contributed by atoms with Crippen LogP contribution in [0.25, 0.3) is 34.2 Å². The summed E-state index contributed by atoms with van der Waals surface area (Å²) in [5.74, 6) is 0.196. The maximum Gasteiger partial charge on any atom is 0.253 e. The van der Waals surface area contributed by atoms with Gasteiger partial charge in [-0.15, -0.1) is 0 Å². The number of aromatic amines is 1. The van der Waals surface area contributed by atoms with Crippen LogP contribution in [-0.4, -0.2) is 53.3 Å². The van der Waals surface area contributed by atoms with Gasteiger partial charge in [0.15, 0.2) is 0 Å². The van der Waals surface area contributed by atoms with E-state index in [0.717, 1.165) is 33.3 Å². The number of hydrogen-bond acceptors (Lipinski definition) is 4. The highest BCUT2D eigenvalue weighted by molar-refractivity contribution is 5.95. The summed E-state index contributed by atoms with van der Waals surface area (Å²) in [5.41, 5.74) is 4.94. The van der Waals surface area contributed by atoms with Gasteiger partial charge in [-0.05, 0) is 73.0 Å². The number of ether oxygens (including phenoxy) is 1. The number of hydrogen-bond donors (Lipinski definition) is 2. The molecule has 0 unspecified atom stereocenters. The second-order valence-corrected chi connectivity index (χ2v) is 9.38. The van der Waals surface area contributed by atoms with E-state index in [0.29, 0.717) is 24.4 Å². The van der Waals surface area contributed by atoms with E-state index in [4.69, 9.17) is 4.74 Å². The van der Waals surface area contributed by atoms with Crippen LogP contribution in [0.3, 0.4) is 0 Å². The first-order valence-corrected chi connectivity index (χ1v) is 12.1. The summed E-state index contributed by atoms with van der Waals surface area (Å²) in [6.07, 6.45) is 3.92. The van der Waals surface area contributed by atoms with Gasteiger partial charge in [0.2, 0.25) is 0 Å². The number of nitrogens with zero attached hydrogens (tertiary/aromatic N) is 2. The fraction of sp³-hybridized carbons (Fsp3) is 0.241. The summed E-state index contributed by atoms with van der Waals surface area (Å²) < 4.78 is 19.1. The van der Waals surface area contributed by atoms with E-state index in [1.807, 2.05) is 59.5 Å². The molecule has 0 spiro atoms. The van der Waals surface area contributed by atoms with Crippen molar-refractivity contribution >= 4 is 29.0 Å². The molecular formula is C29H29FN4O2. The van der Waals surface area contributed by atoms with Crippen LogP contribution >= 0.6 is 0 Å². The van der Waals surface area contributed by atoms with Crippen LogP contribution in [0.4, 0.5) is 4.39 Å². The summed E-state index contributed by atoms with van der Waals surface area (Å²) in [7, 11) is 1.52. The smallest absolute Gasteiger partial charge is 0.253 e. The van der Waals surface area contributed by atoms with Gasteiger partial charge in [0.05, 0.1) is 18.3 Å². The predicted molar refractivity (Wildman–Crippen MR) is 141 cm³/mol. The third kappa shape index (κ3) is 5.02. The third-order valence-corrected chi connectivity index (χ3v) is 6.47. The van der Waals surface area contributed by atoms with Crippen LogP contribution in [0.15, 0.2) is 60.7 Å². The molecule has 1 aromatic heterocycles. The highest BCUT2D eigenvalue weighted by Crippen LogP contribution is 2.29. The van der Waals surface area contributed by atoms with E-state index in [2.05, 4.69) is 29.4 Å². The second-order valence-electron chi connectivity index (χ2n) is 9.38. The van der Waals surface area contributed by atoms with Crippen molar-refractivity contribution in [2.75, 3.05) is 20.2 Å². The van der Waals surface area contributed by atoms with E-state index in [9.17, 15) is 9.18 Å². The Morgan fingerprint density at radius 2 is 1.75 bits per heavy atom. The number of fused-ring (bicyclic) bond motifs is 1. The minimum absolute atomic E-state index is 0.0655. The molecule has 7 heteroatoms. The number of H-pyrrole nitrogens is 1. The Kier molecular flexibility index (Phi) is 6.57. The number of piperazine rings is 1. The molecule has 0 radical (unpaired) electrons. The molecule has 1 aliphatic heterocycles. The molecule has 2 N–H and O–H groups in total. The van der Waals surface area contributed by atoms with Crippen LogP contribution < -0.4 is 10.1 Å². The zero-order valence-electron chi connectivity index (χ0n) is 20.6. The van der Waals surface area contributed by atoms with Crippen molar-refractivity contribution in [1.82, 2.24) is 20.4 Å². The zero-order valence-corrected chi connectivity index (χ0v) is 20.6. The van der Waals surface area contributed by atoms with Crippen LogP contribution in [0.1, 0.15) is 35.5 Å². The Labute approximate surface area is 209 Å². The van der Waals surface area contributed by atoms with Crippen LogP contribution in [-0.2, 0) is 0 Å². The standard InChI is InChI=1S/C29H29FN4O2/c1-18-16-34(17-19(2)31-18)29(35)21-7-4-20(5-8-21)6-11-27-26-10-9-22(14-28(26)33-32-27)23-12-24(30)15-25(13-23)36-3/h4-15,18-19,31H,16-17H2,1-3H3,(H,32,33)/b11-6+/t18-,19+. The van der Waals surface area contributed by atoms with Crippen LogP contribution in [0.5, 0.6) is 5.75 Å². The van der Waals surface area contributed by atoms with Crippen molar-refractivity contribution in [2.24, 2.45) is 0 Å². The first kappa shape index (κ1) is 23.8. The molecule has 5 rings (SSSR count). The minimum Gasteiger partial charge on any atom is -0.497 e. The number of nitrogens with one attached hydrogen (secondary N) is 2. The number of rotatable bonds is 5. The molecule has 1 saturated heterocycles. The number of methoxy groups -OCH3 is 1. The SMILES string of the molecule is COc1cc(F)cc(-c2ccc3c(/C=C/c4ccc(C(=O)N5C[C@@H](C)N[C@@H](C)C5)cc4)n[nH]c3c2)c1. The molecule has 3 aromatic carbocycles. The highest BCUT2D eigenvalue weighted by atomic mass is 19.1. The van der Waals surface area contributed by atoms with Gasteiger partial charge in [0, 0.05) is 42.2 Å². The summed E-state index contributed by atoms with van der Waals surface area (Å²) >= 11 is 0. The molecule has 1 amide bonds. The normalized spacial score (nSPS) is 18.2. The average Bonchev–Trinajstić information content (AvgIpc) is 3.28. The number of carbonyl (C=O) groups excluding carboxylic acids is 1. The zero-order chi connectivity index (χ0) is 25.2. The van der Waals surface area contributed by atoms with E-state index in [-0.39, 0.29) is 23.8 Å². The molecule has 0 bridgehead atoms. The van der Waals surface area contributed by atoms with Crippen molar-refractivity contribution < 1.29 is 13.9 Å². The van der Waals surface area contributed by atoms with Gasteiger partial charge in [-0.3, -0.25) is 9.89 Å². The Morgan fingerprint density at radius 1 is 1.00 bits per heavy atom. The fourth-order valence-electron chi connectivity index (χ4n) is 4.78. The predicted octanol–water partition coefficient (Wildman–Crippen LogP) is 5.37. The van der Waals surface area contributed by atoms with Gasteiger partial charge in [0.1, 0.15) is 11.6 Å². The molecule has 0 saturated carbocycles. The van der Waals surface area contributed by atoms with Gasteiger partial charge in [-0.2, -0.15) is 5.10 Å². The van der Waals surface area contributed by atoms with Crippen molar-refractivity contribution in [1.29, 1.82) is 0 Å². The monoisotopic (exact) mass is 484 g/mol. The summed E-state index contributed by atoms with van der Waals surface area (Å²) in [6.45, 7) is 5.63. The number of amides is 1. The van der Waals surface area contributed by atoms with Gasteiger partial charge >= 0.3 is 0 Å². The van der Waals surface area contributed by atoms with E-state index < -0.39 is 0 Å². The Morgan fingerprint density at radius 3 is 2.47 bits per heavy atom. The largest absolute Gasteiger partial charge is 0.497 e. The molecule has 184 valence electrons. The number of benzene rings is 3. The fourth-order valence-corrected chi connectivity index (χ4v) is 4.78. The molecule has 36 heavy (non-hydrogen) atoms. The van der Waals surface area contributed by atoms with E-state index in [1.54, 1.807) is 6.07 Å². The lowest BCUT2D eigenvalue weighted by Gasteiger charge is -2.36. The number of aromatic nitrogens is 2. The minimum atomic E-state index is -0.345. The second kappa shape index (κ2) is 9.95. The molecule has 2 atom stereocenters. The van der Waals surface area contributed by atoms with Crippen molar-refractivity contribution in [2.45, 2.75) is 25.9 Å². The average molecular weight is 485 g/mol. The molecule has 6 nitrogen and oxygen atoms in total. The lowest BCUT2D eigenvalue weighted by atomic mass is 10.0. The topological polar surface area (TPSA) is 70.2 Å². The first-order chi connectivity index (χ1) is 17.4. The molecule has 0 aliphatic carbocycles. The maximum absolute atomic E-state index is 13.9. The third-order valence-electron chi connectivity index (χ3n) is 6.47. The van der Waals surface area contributed by atoms with E-state index in [1.165, 1.54) is 19.2 Å². The Bertz CT molecular complexity index is 1420. The number of carbonyl (C=O) groups is 1. The quantitative estimate of drug-likeness (QED) is 0.400.